The van der Waals surface area contributed by atoms with Crippen molar-refractivity contribution in [1.29, 1.82) is 0 Å². The van der Waals surface area contributed by atoms with Gasteiger partial charge in [0.15, 0.2) is 0 Å². The zero-order chi connectivity index (χ0) is 13.0. The fraction of sp³-hybridized carbons (Fsp3) is 0.273. The van der Waals surface area contributed by atoms with Crippen LogP contribution in [0.5, 0.6) is 0 Å². The summed E-state index contributed by atoms with van der Waals surface area (Å²) in [4.78, 5) is 23.2. The number of nitrogens with zero attached hydrogens (tertiary/aromatic N) is 1. The summed E-state index contributed by atoms with van der Waals surface area (Å²) in [7, 11) is 1.51. The first-order valence-corrected chi connectivity index (χ1v) is 4.92. The normalized spacial score (nSPS) is 10.0. The molecule has 0 unspecified atom stereocenters. The van der Waals surface area contributed by atoms with Crippen LogP contribution in [0.4, 0.5) is 5.69 Å². The van der Waals surface area contributed by atoms with Gasteiger partial charge in [-0.05, 0) is 23.8 Å². The number of aromatic carboxylic acids is 1. The summed E-state index contributed by atoms with van der Waals surface area (Å²) in [6, 6.07) is 4.30. The Hall–Kier alpha value is -2.08. The van der Waals surface area contributed by atoms with E-state index in [-0.39, 0.29) is 12.1 Å². The zero-order valence-corrected chi connectivity index (χ0v) is 9.38. The molecule has 0 aromatic heterocycles. The van der Waals surface area contributed by atoms with Crippen LogP contribution in [0.3, 0.4) is 0 Å². The molecule has 4 N–H and O–H groups in total. The number of carbonyl (C=O) groups excluding carboxylic acids is 1. The Bertz CT molecular complexity index is 445. The number of nitrogens with two attached hydrogens (primary N) is 1. The summed E-state index contributed by atoms with van der Waals surface area (Å²) in [5, 5.41) is 17.5. The van der Waals surface area contributed by atoms with Crippen molar-refractivity contribution in [2.24, 2.45) is 0 Å². The summed E-state index contributed by atoms with van der Waals surface area (Å²) in [6.45, 7) is -0.429. The molecular formula is C11H14N2O4. The number of hydrogen-bond donors (Lipinski definition) is 3. The predicted octanol–water partition coefficient (Wildman–Crippen LogP) is -0.0823. The maximum atomic E-state index is 11.2. The van der Waals surface area contributed by atoms with Gasteiger partial charge < -0.3 is 20.8 Å². The van der Waals surface area contributed by atoms with Crippen LogP contribution in [0.15, 0.2) is 18.2 Å². The van der Waals surface area contributed by atoms with E-state index in [1.807, 2.05) is 0 Å². The molecule has 1 aromatic carbocycles. The Morgan fingerprint density at radius 1 is 1.41 bits per heavy atom. The van der Waals surface area contributed by atoms with Crippen LogP contribution in [0.1, 0.15) is 15.9 Å². The Kier molecular flexibility index (Phi) is 4.06. The largest absolute Gasteiger partial charge is 0.478 e. The van der Waals surface area contributed by atoms with Gasteiger partial charge >= 0.3 is 5.97 Å². The molecule has 0 atom stereocenters. The van der Waals surface area contributed by atoms with E-state index >= 15 is 0 Å². The third-order valence-corrected chi connectivity index (χ3v) is 2.36. The lowest BCUT2D eigenvalue weighted by molar-refractivity contribution is -0.133. The fourth-order valence-corrected chi connectivity index (χ4v) is 1.34. The molecule has 0 fully saturated rings. The molecule has 1 rings (SSSR count). The lowest BCUT2D eigenvalue weighted by Crippen LogP contribution is -2.29. The molecule has 0 spiro atoms. The van der Waals surface area contributed by atoms with Gasteiger partial charge in [0.2, 0.25) is 5.91 Å². The first-order valence-electron chi connectivity index (χ1n) is 4.92. The molecule has 1 aromatic rings. The van der Waals surface area contributed by atoms with Crippen LogP contribution in [0.2, 0.25) is 0 Å². The summed E-state index contributed by atoms with van der Waals surface area (Å²) >= 11 is 0. The van der Waals surface area contributed by atoms with Crippen LogP contribution in [0, 0.1) is 0 Å². The van der Waals surface area contributed by atoms with Gasteiger partial charge in [-0.2, -0.15) is 0 Å². The maximum Gasteiger partial charge on any atom is 0.335 e. The second-order valence-corrected chi connectivity index (χ2v) is 3.63. The van der Waals surface area contributed by atoms with Crippen molar-refractivity contribution in [2.75, 3.05) is 19.4 Å². The summed E-state index contributed by atoms with van der Waals surface area (Å²) in [5.74, 6) is -1.51. The van der Waals surface area contributed by atoms with Crippen molar-refractivity contribution in [3.8, 4) is 0 Å². The third kappa shape index (κ3) is 3.18. The Morgan fingerprint density at radius 3 is 2.59 bits per heavy atom. The van der Waals surface area contributed by atoms with Crippen LogP contribution in [-0.2, 0) is 11.3 Å². The van der Waals surface area contributed by atoms with E-state index in [4.69, 9.17) is 15.9 Å². The lowest BCUT2D eigenvalue weighted by Gasteiger charge is -2.17. The maximum absolute atomic E-state index is 11.2. The second kappa shape index (κ2) is 5.31. The predicted molar refractivity (Wildman–Crippen MR) is 61.4 cm³/mol. The molecule has 0 aliphatic rings. The molecule has 0 saturated carbocycles. The second-order valence-electron chi connectivity index (χ2n) is 3.63. The van der Waals surface area contributed by atoms with Crippen molar-refractivity contribution in [3.05, 3.63) is 29.3 Å². The summed E-state index contributed by atoms with van der Waals surface area (Å²) in [6.07, 6.45) is 0. The minimum absolute atomic E-state index is 0.110. The number of carboxylic acids is 1. The van der Waals surface area contributed by atoms with Gasteiger partial charge in [0.05, 0.1) is 5.56 Å². The van der Waals surface area contributed by atoms with E-state index in [1.54, 1.807) is 0 Å². The number of hydrogen-bond acceptors (Lipinski definition) is 4. The highest BCUT2D eigenvalue weighted by Gasteiger charge is 2.11. The summed E-state index contributed by atoms with van der Waals surface area (Å²) in [5.41, 5.74) is 6.74. The van der Waals surface area contributed by atoms with E-state index < -0.39 is 18.5 Å². The average Bonchev–Trinajstić information content (AvgIpc) is 2.30. The number of rotatable bonds is 4. The number of carboxylic acid groups (broad SMARTS) is 1. The number of anilines is 1. The van der Waals surface area contributed by atoms with Gasteiger partial charge in [-0.25, -0.2) is 4.79 Å². The molecule has 6 nitrogen and oxygen atoms in total. The first kappa shape index (κ1) is 13.0. The number of aliphatic hydroxyl groups is 1. The van der Waals surface area contributed by atoms with Crippen molar-refractivity contribution in [1.82, 2.24) is 4.90 Å². The standard InChI is InChI=1S/C11H14N2O4/c1-13(10(15)6-14)5-8-4-7(11(16)17)2-3-9(8)12/h2-4,14H,5-6,12H2,1H3,(H,16,17). The number of carbonyl (C=O) groups is 2. The van der Waals surface area contributed by atoms with Crippen LogP contribution >= 0.6 is 0 Å². The van der Waals surface area contributed by atoms with Crippen LogP contribution in [0.25, 0.3) is 0 Å². The molecule has 1 amide bonds. The van der Waals surface area contributed by atoms with Gasteiger partial charge in [-0.3, -0.25) is 4.79 Å². The van der Waals surface area contributed by atoms with E-state index in [1.165, 1.54) is 30.1 Å². The topological polar surface area (TPSA) is 104 Å². The molecule has 0 saturated heterocycles. The van der Waals surface area contributed by atoms with Crippen molar-refractivity contribution >= 4 is 17.6 Å². The van der Waals surface area contributed by atoms with Crippen LogP contribution in [-0.4, -0.2) is 40.6 Å². The summed E-state index contributed by atoms with van der Waals surface area (Å²) < 4.78 is 0. The van der Waals surface area contributed by atoms with Gasteiger partial charge in [0.1, 0.15) is 6.61 Å². The van der Waals surface area contributed by atoms with Crippen molar-refractivity contribution in [3.63, 3.8) is 0 Å². The number of aliphatic hydroxyl groups excluding tert-OH is 1. The van der Waals surface area contributed by atoms with E-state index in [0.29, 0.717) is 11.3 Å². The highest BCUT2D eigenvalue weighted by atomic mass is 16.4. The molecule has 17 heavy (non-hydrogen) atoms. The van der Waals surface area contributed by atoms with Crippen molar-refractivity contribution in [2.45, 2.75) is 6.54 Å². The van der Waals surface area contributed by atoms with Gasteiger partial charge in [-0.1, -0.05) is 0 Å². The lowest BCUT2D eigenvalue weighted by atomic mass is 10.1. The van der Waals surface area contributed by atoms with Gasteiger partial charge in [0.25, 0.3) is 0 Å². The Morgan fingerprint density at radius 2 is 2.06 bits per heavy atom. The fourth-order valence-electron chi connectivity index (χ4n) is 1.34. The zero-order valence-electron chi connectivity index (χ0n) is 9.38. The monoisotopic (exact) mass is 238 g/mol. The highest BCUT2D eigenvalue weighted by molar-refractivity contribution is 5.88. The van der Waals surface area contributed by atoms with Gasteiger partial charge in [-0.15, -0.1) is 0 Å². The average molecular weight is 238 g/mol. The SMILES string of the molecule is CN(Cc1cc(C(=O)O)ccc1N)C(=O)CO. The van der Waals surface area contributed by atoms with Crippen molar-refractivity contribution < 1.29 is 19.8 Å². The van der Waals surface area contributed by atoms with E-state index in [2.05, 4.69) is 0 Å². The number of benzene rings is 1. The first-order chi connectivity index (χ1) is 7.95. The number of likely N-dealkylation sites (N-methyl/N-ethyl adjacent to an activating group) is 1. The molecule has 0 aliphatic carbocycles. The highest BCUT2D eigenvalue weighted by Crippen LogP contribution is 2.16. The molecule has 0 aliphatic heterocycles. The number of amides is 1. The van der Waals surface area contributed by atoms with Crippen LogP contribution < -0.4 is 5.73 Å². The van der Waals surface area contributed by atoms with Gasteiger partial charge in [0, 0.05) is 19.3 Å². The third-order valence-electron chi connectivity index (χ3n) is 2.36. The Labute approximate surface area is 98.3 Å². The molecule has 0 heterocycles. The molecule has 6 heteroatoms. The molecule has 92 valence electrons. The molecule has 0 radical (unpaired) electrons. The van der Waals surface area contributed by atoms with E-state index in [9.17, 15) is 9.59 Å². The quantitative estimate of drug-likeness (QED) is 0.636. The minimum Gasteiger partial charge on any atom is -0.478 e. The Balaban J connectivity index is 2.93. The molecule has 0 bridgehead atoms. The smallest absolute Gasteiger partial charge is 0.335 e. The molecular weight excluding hydrogens is 224 g/mol. The van der Waals surface area contributed by atoms with E-state index in [0.717, 1.165) is 0 Å². The number of nitrogen functional groups attached to an aromatic ring is 1. The minimum atomic E-state index is -1.05.